The van der Waals surface area contributed by atoms with Gasteiger partial charge in [-0.1, -0.05) is 24.6 Å². The molecule has 258 valence electrons. The van der Waals surface area contributed by atoms with Crippen molar-refractivity contribution in [2.75, 3.05) is 5.73 Å². The van der Waals surface area contributed by atoms with Gasteiger partial charge in [-0.2, -0.15) is 18.2 Å². The molecule has 5 rings (SSSR count). The number of anilines is 1. The third kappa shape index (κ3) is 7.28. The van der Waals surface area contributed by atoms with Crippen molar-refractivity contribution in [2.24, 2.45) is 12.2 Å². The molecule has 1 fully saturated rings. The highest BCUT2D eigenvalue weighted by Crippen LogP contribution is 2.34. The second kappa shape index (κ2) is 13.5. The van der Waals surface area contributed by atoms with E-state index in [-0.39, 0.29) is 17.2 Å². The second-order valence-corrected chi connectivity index (χ2v) is 13.8. The summed E-state index contributed by atoms with van der Waals surface area (Å²) in [5, 5.41) is 18.2. The van der Waals surface area contributed by atoms with Gasteiger partial charge in [0.15, 0.2) is 17.9 Å². The van der Waals surface area contributed by atoms with Crippen LogP contribution in [0, 0.1) is 0 Å². The molecular formula is C29H36N7O10S2+. The number of oxime groups is 1. The van der Waals surface area contributed by atoms with Crippen molar-refractivity contribution in [3.8, 4) is 16.9 Å². The van der Waals surface area contributed by atoms with Crippen LogP contribution < -0.4 is 20.5 Å². The molecule has 48 heavy (non-hydrogen) atoms. The number of hydrogen-bond acceptors (Lipinski definition) is 12. The van der Waals surface area contributed by atoms with Crippen LogP contribution in [0.1, 0.15) is 51.3 Å². The van der Waals surface area contributed by atoms with Gasteiger partial charge in [0, 0.05) is 5.38 Å². The highest BCUT2D eigenvalue weighted by Gasteiger charge is 2.58. The Kier molecular flexibility index (Phi) is 9.77. The van der Waals surface area contributed by atoms with Gasteiger partial charge in [0.25, 0.3) is 17.9 Å². The maximum atomic E-state index is 13.4. The van der Waals surface area contributed by atoms with Gasteiger partial charge in [-0.15, -0.1) is 20.3 Å². The number of rotatable bonds is 13. The largest absolute Gasteiger partial charge is 0.485 e. The minimum absolute atomic E-state index is 0.0610. The number of thiazole rings is 1. The fourth-order valence-electron chi connectivity index (χ4n) is 5.46. The van der Waals surface area contributed by atoms with Crippen LogP contribution in [-0.2, 0) is 53.9 Å². The molecule has 19 heteroatoms. The Labute approximate surface area is 279 Å². The molecule has 5 N–H and O–H groups in total. The van der Waals surface area contributed by atoms with E-state index in [1.54, 1.807) is 6.07 Å². The van der Waals surface area contributed by atoms with E-state index in [2.05, 4.69) is 37.5 Å². The quantitative estimate of drug-likeness (QED) is 0.0647. The molecule has 2 amide bonds. The molecule has 0 spiro atoms. The van der Waals surface area contributed by atoms with Crippen LogP contribution in [-0.4, -0.2) is 80.1 Å². The summed E-state index contributed by atoms with van der Waals surface area (Å²) in [6, 6.07) is 4.38. The number of ether oxygens (including phenoxy) is 1. The highest BCUT2D eigenvalue weighted by atomic mass is 32.3. The molecule has 0 bridgehead atoms. The Morgan fingerprint density at radius 2 is 2.08 bits per heavy atom. The minimum atomic E-state index is -5.01. The van der Waals surface area contributed by atoms with E-state index in [4.69, 9.17) is 19.9 Å². The molecule has 4 heterocycles. The third-order valence-electron chi connectivity index (χ3n) is 8.07. The fourth-order valence-corrected chi connectivity index (χ4v) is 6.46. The van der Waals surface area contributed by atoms with Gasteiger partial charge < -0.3 is 25.7 Å². The number of carboxylic acid groups (broad SMARTS) is 1. The zero-order chi connectivity index (χ0) is 35.0. The Morgan fingerprint density at radius 3 is 2.71 bits per heavy atom. The number of nitrogens with one attached hydrogen (secondary N) is 1. The summed E-state index contributed by atoms with van der Waals surface area (Å²) in [4.78, 5) is 47.8. The van der Waals surface area contributed by atoms with Crippen molar-refractivity contribution in [3.63, 3.8) is 0 Å². The first-order valence-corrected chi connectivity index (χ1v) is 17.2. The fraction of sp³-hybridized carbons (Fsp3) is 0.448. The number of hydroxylamine groups is 2. The van der Waals surface area contributed by atoms with Gasteiger partial charge in [-0.3, -0.25) is 14.1 Å². The van der Waals surface area contributed by atoms with Crippen LogP contribution in [0.3, 0.4) is 0 Å². The monoisotopic (exact) mass is 706 g/mol. The smallest absolute Gasteiger partial charge is 0.418 e. The molecule has 0 aliphatic carbocycles. The number of amides is 2. The number of carbonyl (C=O) groups is 3. The topological polar surface area (TPSA) is 229 Å². The molecule has 1 aromatic carbocycles. The lowest BCUT2D eigenvalue weighted by molar-refractivity contribution is -0.753. The van der Waals surface area contributed by atoms with Crippen LogP contribution >= 0.6 is 11.3 Å². The van der Waals surface area contributed by atoms with Gasteiger partial charge in [-0.25, -0.2) is 9.78 Å². The number of nitrogens with two attached hydrogens (primary N) is 1. The second-order valence-electron chi connectivity index (χ2n) is 11.9. The number of aryl methyl sites for hydroxylation is 3. The number of nitrogen functional groups attached to an aromatic ring is 1. The molecule has 1 saturated heterocycles. The van der Waals surface area contributed by atoms with E-state index in [1.165, 1.54) is 19.2 Å². The first kappa shape index (κ1) is 34.7. The molecular weight excluding hydrogens is 670 g/mol. The highest BCUT2D eigenvalue weighted by molar-refractivity contribution is 7.80. The van der Waals surface area contributed by atoms with Crippen molar-refractivity contribution in [1.82, 2.24) is 20.0 Å². The van der Waals surface area contributed by atoms with Crippen molar-refractivity contribution in [3.05, 3.63) is 47.2 Å². The van der Waals surface area contributed by atoms with Crippen LogP contribution in [0.25, 0.3) is 11.1 Å². The van der Waals surface area contributed by atoms with Gasteiger partial charge in [0.05, 0.1) is 23.8 Å². The van der Waals surface area contributed by atoms with E-state index in [9.17, 15) is 27.9 Å². The zero-order valence-electron chi connectivity index (χ0n) is 26.5. The number of carboxylic acids is 1. The summed E-state index contributed by atoms with van der Waals surface area (Å²) in [5.41, 5.74) is 6.71. The van der Waals surface area contributed by atoms with Crippen LogP contribution in [0.5, 0.6) is 5.75 Å². The van der Waals surface area contributed by atoms with E-state index in [0.717, 1.165) is 47.4 Å². The number of aromatic nitrogens is 3. The van der Waals surface area contributed by atoms with Crippen LogP contribution in [0.15, 0.2) is 41.1 Å². The average Bonchev–Trinajstić information content (AvgIpc) is 3.63. The lowest BCUT2D eigenvalue weighted by Gasteiger charge is -2.50. The SMILES string of the molecule is CCCCn1cc(-c2ccc3c(c2)CC[C@@H]([C@H](O/N=C(\C(=O)N[C@@H]2C(=O)N(OS(=O)(=O)O)C2(C)C)c2csc(N)n2)C(=O)O)O3)c[n+]1C. The molecule has 0 radical (unpaired) electrons. The minimum Gasteiger partial charge on any atom is -0.485 e. The Hall–Kier alpha value is -4.59. The van der Waals surface area contributed by atoms with Crippen molar-refractivity contribution in [1.29, 1.82) is 0 Å². The van der Waals surface area contributed by atoms with Crippen molar-refractivity contribution >= 4 is 50.4 Å². The van der Waals surface area contributed by atoms with Gasteiger partial charge in [0.1, 0.15) is 23.6 Å². The Bertz CT molecular complexity index is 1870. The Morgan fingerprint density at radius 1 is 1.33 bits per heavy atom. The van der Waals surface area contributed by atoms with Gasteiger partial charge in [-0.05, 0) is 56.4 Å². The Balaban J connectivity index is 1.32. The van der Waals surface area contributed by atoms with Gasteiger partial charge >= 0.3 is 16.4 Å². The number of unbranched alkanes of at least 4 members (excludes halogenated alkanes) is 1. The number of hydrogen-bond donors (Lipinski definition) is 4. The van der Waals surface area contributed by atoms with E-state index in [0.29, 0.717) is 17.2 Å². The standard InChI is InChI=1S/C29H35N7O10S2/c1-5-6-11-35-14-18(13-34(35)4)16-7-9-20-17(12-16)8-10-21(44-20)23(27(39)40)45-33-22(19-15-47-28(30)31-19)25(37)32-24-26(38)36(29(24,2)3)46-48(41,42)43/h7,9,12-15,21,23-24H,5-6,8,10-11H2,1-4H3,(H4-,30,31,32,37,39,40,41,42,43)/p+1/b33-22-/t21-,23-,24+/m0/s1. The molecule has 17 nitrogen and oxygen atoms in total. The first-order chi connectivity index (χ1) is 22.6. The average molecular weight is 707 g/mol. The number of β-lactam (4-membered cyclic amide) rings is 1. The van der Waals surface area contributed by atoms with Crippen LogP contribution in [0.2, 0.25) is 0 Å². The predicted octanol–water partition coefficient (Wildman–Crippen LogP) is 1.23. The number of carbonyl (C=O) groups excluding carboxylic acids is 2. The summed E-state index contributed by atoms with van der Waals surface area (Å²) >= 11 is 0.979. The lowest BCUT2D eigenvalue weighted by atomic mass is 9.84. The first-order valence-electron chi connectivity index (χ1n) is 14.9. The summed E-state index contributed by atoms with van der Waals surface area (Å²) in [5.74, 6) is -2.87. The predicted molar refractivity (Wildman–Crippen MR) is 170 cm³/mol. The van der Waals surface area contributed by atoms with E-state index < -0.39 is 57.7 Å². The summed E-state index contributed by atoms with van der Waals surface area (Å²) in [6.07, 6.45) is 4.44. The number of nitrogens with zero attached hydrogens (tertiary/aromatic N) is 5. The molecule has 2 aliphatic rings. The number of benzene rings is 1. The third-order valence-corrected chi connectivity index (χ3v) is 9.08. The number of aliphatic carboxylic acids is 1. The van der Waals surface area contributed by atoms with Crippen molar-refractivity contribution < 1.29 is 51.0 Å². The maximum absolute atomic E-state index is 13.4. The number of fused-ring (bicyclic) bond motifs is 1. The van der Waals surface area contributed by atoms with Crippen molar-refractivity contribution in [2.45, 2.75) is 76.8 Å². The molecule has 3 atom stereocenters. The summed E-state index contributed by atoms with van der Waals surface area (Å²) in [7, 11) is -3.03. The molecule has 0 unspecified atom stereocenters. The van der Waals surface area contributed by atoms with E-state index >= 15 is 0 Å². The molecule has 2 aromatic heterocycles. The zero-order valence-corrected chi connectivity index (χ0v) is 28.2. The molecule has 0 saturated carbocycles. The summed E-state index contributed by atoms with van der Waals surface area (Å²) < 4.78 is 45.8. The molecule has 2 aliphatic heterocycles. The van der Waals surface area contributed by atoms with Gasteiger partial charge in [0.2, 0.25) is 6.20 Å². The lowest BCUT2D eigenvalue weighted by Crippen LogP contribution is -2.76. The summed E-state index contributed by atoms with van der Waals surface area (Å²) in [6.45, 7) is 5.81. The maximum Gasteiger partial charge on any atom is 0.418 e. The normalized spacial score (nSPS) is 19.6. The van der Waals surface area contributed by atoms with E-state index in [1.807, 2.05) is 30.1 Å². The van der Waals surface area contributed by atoms with Crippen LogP contribution in [0.4, 0.5) is 5.13 Å². The molecule has 3 aromatic rings.